The number of carbonyl (C=O) groups is 2. The Morgan fingerprint density at radius 1 is 1.11 bits per heavy atom. The van der Waals surface area contributed by atoms with Gasteiger partial charge in [-0.2, -0.15) is 0 Å². The topological polar surface area (TPSA) is 70.2 Å². The van der Waals surface area contributed by atoms with Crippen molar-refractivity contribution in [3.8, 4) is 0 Å². The van der Waals surface area contributed by atoms with Crippen molar-refractivity contribution in [2.75, 3.05) is 25.0 Å². The second-order valence-corrected chi connectivity index (χ2v) is 7.19. The van der Waals surface area contributed by atoms with Gasteiger partial charge in [0.2, 0.25) is 5.91 Å². The van der Waals surface area contributed by atoms with E-state index in [1.807, 2.05) is 56.3 Å². The van der Waals surface area contributed by atoms with Gasteiger partial charge in [-0.05, 0) is 49.5 Å². The number of aryl methyl sites for hydroxylation is 1. The predicted molar refractivity (Wildman–Crippen MR) is 108 cm³/mol. The van der Waals surface area contributed by atoms with Crippen molar-refractivity contribution >= 4 is 17.5 Å². The average Bonchev–Trinajstić information content (AvgIpc) is 2.61. The van der Waals surface area contributed by atoms with E-state index in [-0.39, 0.29) is 17.7 Å². The molecule has 2 aromatic carbocycles. The maximum absolute atomic E-state index is 12.8. The number of nitrogens with one attached hydrogen (secondary N) is 3. The van der Waals surface area contributed by atoms with Gasteiger partial charge in [0.15, 0.2) is 0 Å². The Labute approximate surface area is 160 Å². The molecule has 1 fully saturated rings. The molecule has 3 N–H and O–H groups in total. The summed E-state index contributed by atoms with van der Waals surface area (Å²) < 4.78 is 0. The summed E-state index contributed by atoms with van der Waals surface area (Å²) >= 11 is 0. The lowest BCUT2D eigenvalue weighted by molar-refractivity contribution is -0.121. The van der Waals surface area contributed by atoms with E-state index >= 15 is 0 Å². The number of amides is 2. The number of carbonyl (C=O) groups excluding carboxylic acids is 2. The van der Waals surface area contributed by atoms with Crippen LogP contribution in [0.3, 0.4) is 0 Å². The van der Waals surface area contributed by atoms with E-state index in [1.165, 1.54) is 5.56 Å². The predicted octanol–water partition coefficient (Wildman–Crippen LogP) is 2.76. The first-order valence-electron chi connectivity index (χ1n) is 9.49. The third-order valence-corrected chi connectivity index (χ3v) is 5.23. The SMILES string of the molecule is Cc1cccc(NC(=O)C(C)C2CNC2)c1C(=O)NCCc1ccccc1. The van der Waals surface area contributed by atoms with Gasteiger partial charge in [-0.1, -0.05) is 49.4 Å². The fourth-order valence-corrected chi connectivity index (χ4v) is 3.25. The number of anilines is 1. The van der Waals surface area contributed by atoms with Crippen molar-refractivity contribution < 1.29 is 9.59 Å². The van der Waals surface area contributed by atoms with Crippen molar-refractivity contribution in [1.82, 2.24) is 10.6 Å². The van der Waals surface area contributed by atoms with Crippen LogP contribution < -0.4 is 16.0 Å². The van der Waals surface area contributed by atoms with Crippen molar-refractivity contribution in [2.45, 2.75) is 20.3 Å². The van der Waals surface area contributed by atoms with Crippen LogP contribution in [-0.2, 0) is 11.2 Å². The second kappa shape index (κ2) is 8.82. The van der Waals surface area contributed by atoms with Crippen molar-refractivity contribution in [1.29, 1.82) is 0 Å². The molecule has 0 saturated carbocycles. The summed E-state index contributed by atoms with van der Waals surface area (Å²) in [5.41, 5.74) is 3.15. The van der Waals surface area contributed by atoms with Gasteiger partial charge >= 0.3 is 0 Å². The van der Waals surface area contributed by atoms with Gasteiger partial charge in [0.05, 0.1) is 11.3 Å². The van der Waals surface area contributed by atoms with E-state index in [2.05, 4.69) is 16.0 Å². The maximum Gasteiger partial charge on any atom is 0.253 e. The lowest BCUT2D eigenvalue weighted by Crippen LogP contribution is -2.48. The minimum Gasteiger partial charge on any atom is -0.352 e. The van der Waals surface area contributed by atoms with Crippen LogP contribution in [0.15, 0.2) is 48.5 Å². The number of rotatable bonds is 7. The quantitative estimate of drug-likeness (QED) is 0.707. The molecular formula is C22H27N3O2. The standard InChI is InChI=1S/C22H27N3O2/c1-15-7-6-10-19(25-21(26)16(2)18-13-23-14-18)20(15)22(27)24-12-11-17-8-4-3-5-9-17/h3-10,16,18,23H,11-14H2,1-2H3,(H,24,27)(H,25,26). The first-order valence-corrected chi connectivity index (χ1v) is 9.49. The van der Waals surface area contributed by atoms with Crippen LogP contribution in [0.2, 0.25) is 0 Å². The Bertz CT molecular complexity index is 800. The minimum atomic E-state index is -0.155. The molecule has 0 aliphatic carbocycles. The Kier molecular flexibility index (Phi) is 6.24. The molecule has 2 aromatic rings. The number of hydrogen-bond acceptors (Lipinski definition) is 3. The molecule has 5 nitrogen and oxygen atoms in total. The molecule has 1 atom stereocenters. The molecule has 27 heavy (non-hydrogen) atoms. The van der Waals surface area contributed by atoms with Gasteiger partial charge in [0.25, 0.3) is 5.91 Å². The number of benzene rings is 2. The third-order valence-electron chi connectivity index (χ3n) is 5.23. The Morgan fingerprint density at radius 3 is 2.52 bits per heavy atom. The zero-order valence-electron chi connectivity index (χ0n) is 15.9. The number of hydrogen-bond donors (Lipinski definition) is 3. The van der Waals surface area contributed by atoms with E-state index < -0.39 is 0 Å². The van der Waals surface area contributed by atoms with E-state index in [4.69, 9.17) is 0 Å². The molecule has 1 aliphatic heterocycles. The van der Waals surface area contributed by atoms with Crippen LogP contribution in [0, 0.1) is 18.8 Å². The molecular weight excluding hydrogens is 338 g/mol. The lowest BCUT2D eigenvalue weighted by Gasteiger charge is -2.31. The van der Waals surface area contributed by atoms with Gasteiger partial charge in [0, 0.05) is 12.5 Å². The van der Waals surface area contributed by atoms with Crippen molar-refractivity contribution in [3.05, 3.63) is 65.2 Å². The monoisotopic (exact) mass is 365 g/mol. The molecule has 3 rings (SSSR count). The highest BCUT2D eigenvalue weighted by atomic mass is 16.2. The fraction of sp³-hybridized carbons (Fsp3) is 0.364. The van der Waals surface area contributed by atoms with Crippen LogP contribution in [0.5, 0.6) is 0 Å². The highest BCUT2D eigenvalue weighted by Crippen LogP contribution is 2.23. The summed E-state index contributed by atoms with van der Waals surface area (Å²) in [7, 11) is 0. The van der Waals surface area contributed by atoms with Gasteiger partial charge in [-0.25, -0.2) is 0 Å². The zero-order valence-corrected chi connectivity index (χ0v) is 15.9. The highest BCUT2D eigenvalue weighted by Gasteiger charge is 2.29. The second-order valence-electron chi connectivity index (χ2n) is 7.19. The normalized spacial score (nSPS) is 14.9. The van der Waals surface area contributed by atoms with E-state index in [1.54, 1.807) is 6.07 Å². The molecule has 0 spiro atoms. The van der Waals surface area contributed by atoms with Gasteiger partial charge in [-0.3, -0.25) is 9.59 Å². The van der Waals surface area contributed by atoms with Crippen molar-refractivity contribution in [2.24, 2.45) is 11.8 Å². The fourth-order valence-electron chi connectivity index (χ4n) is 3.25. The molecule has 1 unspecified atom stereocenters. The van der Waals surface area contributed by atoms with E-state index in [0.29, 0.717) is 23.7 Å². The van der Waals surface area contributed by atoms with E-state index in [9.17, 15) is 9.59 Å². The highest BCUT2D eigenvalue weighted by molar-refractivity contribution is 6.05. The van der Waals surface area contributed by atoms with Crippen LogP contribution >= 0.6 is 0 Å². The van der Waals surface area contributed by atoms with Crippen LogP contribution in [-0.4, -0.2) is 31.4 Å². The average molecular weight is 365 g/mol. The summed E-state index contributed by atoms with van der Waals surface area (Å²) in [5, 5.41) is 9.13. The molecule has 1 heterocycles. The Morgan fingerprint density at radius 2 is 1.85 bits per heavy atom. The van der Waals surface area contributed by atoms with Crippen LogP contribution in [0.1, 0.15) is 28.4 Å². The van der Waals surface area contributed by atoms with Gasteiger partial charge in [0.1, 0.15) is 0 Å². The van der Waals surface area contributed by atoms with E-state index in [0.717, 1.165) is 25.1 Å². The summed E-state index contributed by atoms with van der Waals surface area (Å²) in [6.45, 7) is 6.12. The molecule has 5 heteroatoms. The Hall–Kier alpha value is -2.66. The molecule has 2 amide bonds. The largest absolute Gasteiger partial charge is 0.352 e. The van der Waals surface area contributed by atoms with Crippen molar-refractivity contribution in [3.63, 3.8) is 0 Å². The minimum absolute atomic E-state index is 0.0366. The van der Waals surface area contributed by atoms with Gasteiger partial charge < -0.3 is 16.0 Å². The molecule has 0 bridgehead atoms. The summed E-state index contributed by atoms with van der Waals surface area (Å²) in [6, 6.07) is 15.6. The summed E-state index contributed by atoms with van der Waals surface area (Å²) in [5.74, 6) is 0.0847. The first-order chi connectivity index (χ1) is 13.1. The molecule has 0 aromatic heterocycles. The summed E-state index contributed by atoms with van der Waals surface area (Å²) in [4.78, 5) is 25.3. The van der Waals surface area contributed by atoms with Gasteiger partial charge in [-0.15, -0.1) is 0 Å². The Balaban J connectivity index is 1.65. The molecule has 0 radical (unpaired) electrons. The smallest absolute Gasteiger partial charge is 0.253 e. The zero-order chi connectivity index (χ0) is 19.2. The lowest BCUT2D eigenvalue weighted by atomic mass is 9.88. The molecule has 142 valence electrons. The van der Waals surface area contributed by atoms with Crippen LogP contribution in [0.4, 0.5) is 5.69 Å². The third kappa shape index (κ3) is 4.74. The van der Waals surface area contributed by atoms with Crippen LogP contribution in [0.25, 0.3) is 0 Å². The summed E-state index contributed by atoms with van der Waals surface area (Å²) in [6.07, 6.45) is 0.770. The molecule has 1 aliphatic rings. The first kappa shape index (κ1) is 19.1. The molecule has 1 saturated heterocycles. The maximum atomic E-state index is 12.8.